The van der Waals surface area contributed by atoms with Crippen molar-refractivity contribution >= 4 is 11.8 Å². The number of para-hydroxylation sites is 1. The van der Waals surface area contributed by atoms with Crippen LogP contribution in [0.25, 0.3) is 0 Å². The van der Waals surface area contributed by atoms with Crippen LogP contribution >= 0.6 is 0 Å². The van der Waals surface area contributed by atoms with Gasteiger partial charge in [0.2, 0.25) is 0 Å². The second-order valence-electron chi connectivity index (χ2n) is 6.13. The summed E-state index contributed by atoms with van der Waals surface area (Å²) in [5.41, 5.74) is 1.05. The molecule has 1 aromatic heterocycles. The summed E-state index contributed by atoms with van der Waals surface area (Å²) in [7, 11) is 0. The van der Waals surface area contributed by atoms with Gasteiger partial charge in [0.15, 0.2) is 5.69 Å². The first-order valence-electron chi connectivity index (χ1n) is 7.72. The zero-order chi connectivity index (χ0) is 15.9. The first kappa shape index (κ1) is 14.0. The van der Waals surface area contributed by atoms with Gasteiger partial charge < -0.3 is 14.7 Å². The molecule has 118 valence electrons. The fourth-order valence-electron chi connectivity index (χ4n) is 3.38. The van der Waals surface area contributed by atoms with Gasteiger partial charge in [-0.15, -0.1) is 0 Å². The van der Waals surface area contributed by atoms with Crippen LogP contribution in [0, 0.1) is 0 Å². The lowest BCUT2D eigenvalue weighted by Gasteiger charge is -2.35. The third-order valence-electron chi connectivity index (χ3n) is 4.65. The molecule has 23 heavy (non-hydrogen) atoms. The Hall–Kier alpha value is -2.63. The number of rotatable bonds is 2. The number of aryl methyl sites for hydroxylation is 1. The van der Waals surface area contributed by atoms with Gasteiger partial charge in [0.1, 0.15) is 17.2 Å². The Bertz CT molecular complexity index is 747. The van der Waals surface area contributed by atoms with Gasteiger partial charge in [-0.25, -0.2) is 14.8 Å². The molecule has 0 radical (unpaired) electrons. The number of carboxylic acids is 1. The number of fused-ring (bicyclic) bond motifs is 1. The minimum atomic E-state index is -1.06. The smallest absolute Gasteiger partial charge is 0.356 e. The van der Waals surface area contributed by atoms with Crippen LogP contribution in [0.5, 0.6) is 5.75 Å². The highest BCUT2D eigenvalue weighted by Crippen LogP contribution is 2.39. The van der Waals surface area contributed by atoms with Crippen molar-refractivity contribution in [3.8, 4) is 5.75 Å². The maximum Gasteiger partial charge on any atom is 0.356 e. The van der Waals surface area contributed by atoms with Crippen molar-refractivity contribution in [1.29, 1.82) is 0 Å². The summed E-state index contributed by atoms with van der Waals surface area (Å²) >= 11 is 0. The number of nitrogens with zero attached hydrogens (tertiary/aromatic N) is 3. The molecule has 1 unspecified atom stereocenters. The van der Waals surface area contributed by atoms with E-state index in [9.17, 15) is 4.79 Å². The fourth-order valence-corrected chi connectivity index (χ4v) is 3.38. The summed E-state index contributed by atoms with van der Waals surface area (Å²) < 4.78 is 6.31. The highest BCUT2D eigenvalue weighted by molar-refractivity contribution is 5.84. The molecule has 1 spiro atoms. The van der Waals surface area contributed by atoms with Crippen molar-refractivity contribution in [3.63, 3.8) is 0 Å². The first-order chi connectivity index (χ1) is 11.2. The summed E-state index contributed by atoms with van der Waals surface area (Å²) in [6.07, 6.45) is 5.78. The molecular formula is C17H17N3O3. The summed E-state index contributed by atoms with van der Waals surface area (Å²) in [5, 5.41) is 8.90. The van der Waals surface area contributed by atoms with Crippen LogP contribution in [-0.2, 0) is 6.42 Å². The average Bonchev–Trinajstić information content (AvgIpc) is 2.98. The van der Waals surface area contributed by atoms with E-state index in [-0.39, 0.29) is 11.3 Å². The van der Waals surface area contributed by atoms with E-state index in [0.29, 0.717) is 5.82 Å². The van der Waals surface area contributed by atoms with E-state index in [1.54, 1.807) is 0 Å². The topological polar surface area (TPSA) is 75.5 Å². The van der Waals surface area contributed by atoms with Crippen molar-refractivity contribution < 1.29 is 14.6 Å². The number of carboxylic acid groups (broad SMARTS) is 1. The molecule has 1 atom stereocenters. The number of hydrogen-bond acceptors (Lipinski definition) is 5. The van der Waals surface area contributed by atoms with Gasteiger partial charge in [0.05, 0.1) is 18.9 Å². The zero-order valence-corrected chi connectivity index (χ0v) is 12.6. The second-order valence-corrected chi connectivity index (χ2v) is 6.13. The molecule has 0 amide bonds. The average molecular weight is 311 g/mol. The molecule has 0 saturated carbocycles. The number of anilines is 1. The van der Waals surface area contributed by atoms with Crippen LogP contribution in [-0.4, -0.2) is 39.7 Å². The maximum absolute atomic E-state index is 10.9. The standard InChI is InChI=1S/C17H17N3O3/c21-16(22)13-9-19-15(10-18-13)20-8-7-17(11-20)6-5-12-3-1-2-4-14(12)23-17/h1-4,9-10H,5-8,11H2,(H,21,22). The largest absolute Gasteiger partial charge is 0.485 e. The van der Waals surface area contributed by atoms with E-state index >= 15 is 0 Å². The number of hydrogen-bond donors (Lipinski definition) is 1. The molecule has 6 nitrogen and oxygen atoms in total. The normalized spacial score (nSPS) is 22.7. The monoisotopic (exact) mass is 311 g/mol. The summed E-state index contributed by atoms with van der Waals surface area (Å²) in [4.78, 5) is 21.2. The molecule has 3 heterocycles. The number of aromatic carboxylic acids is 1. The van der Waals surface area contributed by atoms with Gasteiger partial charge in [0, 0.05) is 13.0 Å². The Kier molecular flexibility index (Phi) is 3.18. The van der Waals surface area contributed by atoms with Crippen LogP contribution in [0.1, 0.15) is 28.9 Å². The van der Waals surface area contributed by atoms with Gasteiger partial charge in [0.25, 0.3) is 0 Å². The molecule has 1 N–H and O–H groups in total. The van der Waals surface area contributed by atoms with E-state index in [4.69, 9.17) is 9.84 Å². The van der Waals surface area contributed by atoms with Crippen molar-refractivity contribution in [2.45, 2.75) is 24.9 Å². The Morgan fingerprint density at radius 3 is 2.87 bits per heavy atom. The minimum Gasteiger partial charge on any atom is -0.485 e. The van der Waals surface area contributed by atoms with Gasteiger partial charge in [-0.3, -0.25) is 0 Å². The molecule has 2 aliphatic rings. The molecule has 1 fully saturated rings. The Balaban J connectivity index is 1.52. The Morgan fingerprint density at radius 2 is 2.09 bits per heavy atom. The summed E-state index contributed by atoms with van der Waals surface area (Å²) in [6, 6.07) is 8.19. The molecular weight excluding hydrogens is 294 g/mol. The number of carbonyl (C=O) groups is 1. The molecule has 1 saturated heterocycles. The quantitative estimate of drug-likeness (QED) is 0.916. The SMILES string of the molecule is O=C(O)c1cnc(N2CCC3(CCc4ccccc4O3)C2)cn1. The lowest BCUT2D eigenvalue weighted by Crippen LogP contribution is -2.42. The third kappa shape index (κ3) is 2.50. The second kappa shape index (κ2) is 5.22. The van der Waals surface area contributed by atoms with Crippen LogP contribution in [0.3, 0.4) is 0 Å². The van der Waals surface area contributed by atoms with Crippen LogP contribution < -0.4 is 9.64 Å². The van der Waals surface area contributed by atoms with E-state index < -0.39 is 5.97 Å². The van der Waals surface area contributed by atoms with E-state index in [1.807, 2.05) is 18.2 Å². The van der Waals surface area contributed by atoms with E-state index in [1.165, 1.54) is 18.0 Å². The highest BCUT2D eigenvalue weighted by atomic mass is 16.5. The first-order valence-corrected chi connectivity index (χ1v) is 7.72. The van der Waals surface area contributed by atoms with Crippen molar-refractivity contribution in [3.05, 3.63) is 47.9 Å². The third-order valence-corrected chi connectivity index (χ3v) is 4.65. The molecule has 0 aliphatic carbocycles. The Morgan fingerprint density at radius 1 is 1.22 bits per heavy atom. The highest BCUT2D eigenvalue weighted by Gasteiger charge is 2.43. The van der Waals surface area contributed by atoms with Crippen LogP contribution in [0.4, 0.5) is 5.82 Å². The number of aromatic nitrogens is 2. The van der Waals surface area contributed by atoms with Crippen molar-refractivity contribution in [2.24, 2.45) is 0 Å². The predicted molar refractivity (Wildman–Crippen MR) is 83.9 cm³/mol. The maximum atomic E-state index is 10.9. The van der Waals surface area contributed by atoms with Gasteiger partial charge in [-0.05, 0) is 24.5 Å². The van der Waals surface area contributed by atoms with Crippen LogP contribution in [0.15, 0.2) is 36.7 Å². The molecule has 0 bridgehead atoms. The predicted octanol–water partition coefficient (Wildman–Crippen LogP) is 2.15. The zero-order valence-electron chi connectivity index (χ0n) is 12.6. The molecule has 6 heteroatoms. The van der Waals surface area contributed by atoms with Crippen molar-refractivity contribution in [2.75, 3.05) is 18.0 Å². The Labute approximate surface area is 133 Å². The van der Waals surface area contributed by atoms with E-state index in [2.05, 4.69) is 20.9 Å². The van der Waals surface area contributed by atoms with Crippen molar-refractivity contribution in [1.82, 2.24) is 9.97 Å². The molecule has 1 aromatic carbocycles. The minimum absolute atomic E-state index is 0.0366. The lowest BCUT2D eigenvalue weighted by molar-refractivity contribution is 0.0677. The fraction of sp³-hybridized carbons (Fsp3) is 0.353. The summed E-state index contributed by atoms with van der Waals surface area (Å²) in [5.74, 6) is 0.622. The van der Waals surface area contributed by atoms with Crippen LogP contribution in [0.2, 0.25) is 0 Å². The number of benzene rings is 1. The summed E-state index contributed by atoms with van der Waals surface area (Å²) in [6.45, 7) is 1.59. The molecule has 2 aromatic rings. The number of ether oxygens (including phenoxy) is 1. The van der Waals surface area contributed by atoms with Gasteiger partial charge >= 0.3 is 5.97 Å². The van der Waals surface area contributed by atoms with Gasteiger partial charge in [-0.2, -0.15) is 0 Å². The molecule has 2 aliphatic heterocycles. The van der Waals surface area contributed by atoms with Gasteiger partial charge in [-0.1, -0.05) is 18.2 Å². The molecule has 4 rings (SSSR count). The van der Waals surface area contributed by atoms with E-state index in [0.717, 1.165) is 38.1 Å². The lowest BCUT2D eigenvalue weighted by atomic mass is 9.90.